The van der Waals surface area contributed by atoms with Crippen molar-refractivity contribution in [2.24, 2.45) is 7.05 Å². The molecule has 0 radical (unpaired) electrons. The van der Waals surface area contributed by atoms with Crippen LogP contribution in [0, 0.1) is 6.92 Å². The lowest BCUT2D eigenvalue weighted by Gasteiger charge is -2.10. The van der Waals surface area contributed by atoms with Crippen molar-refractivity contribution in [1.29, 1.82) is 0 Å². The molecular formula is C13H10Cl3NO2S. The average Bonchev–Trinajstić information content (AvgIpc) is 2.38. The Balaban J connectivity index is 2.54. The van der Waals surface area contributed by atoms with Crippen LogP contribution in [-0.2, 0) is 7.05 Å². The molecule has 2 aromatic rings. The van der Waals surface area contributed by atoms with E-state index in [1.54, 1.807) is 20.0 Å². The van der Waals surface area contributed by atoms with E-state index in [4.69, 9.17) is 34.8 Å². The van der Waals surface area contributed by atoms with Gasteiger partial charge in [-0.1, -0.05) is 46.6 Å². The summed E-state index contributed by atoms with van der Waals surface area (Å²) in [6.45, 7) is 1.74. The third kappa shape index (κ3) is 2.93. The van der Waals surface area contributed by atoms with Crippen molar-refractivity contribution in [1.82, 2.24) is 4.57 Å². The predicted octanol–water partition coefficient (Wildman–Crippen LogP) is 4.51. The summed E-state index contributed by atoms with van der Waals surface area (Å²) in [7, 11) is 1.64. The van der Waals surface area contributed by atoms with Gasteiger partial charge in [-0.15, -0.1) is 0 Å². The molecule has 0 spiro atoms. The Morgan fingerprint density at radius 1 is 1.10 bits per heavy atom. The first-order valence-electron chi connectivity index (χ1n) is 5.53. The molecule has 0 aliphatic carbocycles. The van der Waals surface area contributed by atoms with Crippen LogP contribution in [0.5, 0.6) is 5.75 Å². The molecule has 0 unspecified atom stereocenters. The van der Waals surface area contributed by atoms with Crippen LogP contribution in [0.4, 0.5) is 0 Å². The van der Waals surface area contributed by atoms with Gasteiger partial charge in [0.25, 0.3) is 5.56 Å². The van der Waals surface area contributed by atoms with E-state index >= 15 is 0 Å². The van der Waals surface area contributed by atoms with E-state index in [0.29, 0.717) is 25.7 Å². The first-order valence-corrected chi connectivity index (χ1v) is 7.48. The lowest BCUT2D eigenvalue weighted by molar-refractivity contribution is 0.455. The van der Waals surface area contributed by atoms with Crippen LogP contribution in [0.15, 0.2) is 32.8 Å². The number of nitrogens with zero attached hydrogens (tertiary/aromatic N) is 1. The number of hydrogen-bond acceptors (Lipinski definition) is 3. The van der Waals surface area contributed by atoms with Gasteiger partial charge < -0.3 is 9.67 Å². The Bertz CT molecular complexity index is 743. The number of aromatic nitrogens is 1. The second kappa shape index (κ2) is 5.90. The lowest BCUT2D eigenvalue weighted by atomic mass is 10.3. The molecule has 0 aliphatic rings. The van der Waals surface area contributed by atoms with Crippen LogP contribution in [-0.4, -0.2) is 9.67 Å². The summed E-state index contributed by atoms with van der Waals surface area (Å²) >= 11 is 18.9. The fourth-order valence-corrected chi connectivity index (χ4v) is 3.24. The fraction of sp³-hybridized carbons (Fsp3) is 0.154. The second-order valence-corrected chi connectivity index (χ2v) is 6.44. The number of halogens is 3. The Kier molecular flexibility index (Phi) is 4.59. The minimum Gasteiger partial charge on any atom is -0.506 e. The predicted molar refractivity (Wildman–Crippen MR) is 83.7 cm³/mol. The van der Waals surface area contributed by atoms with Crippen LogP contribution in [0.1, 0.15) is 5.69 Å². The monoisotopic (exact) mass is 349 g/mol. The van der Waals surface area contributed by atoms with Crippen molar-refractivity contribution >= 4 is 46.6 Å². The van der Waals surface area contributed by atoms with Crippen LogP contribution in [0.3, 0.4) is 0 Å². The molecule has 7 heteroatoms. The Hall–Kier alpha value is -0.810. The highest BCUT2D eigenvalue weighted by Gasteiger charge is 2.15. The summed E-state index contributed by atoms with van der Waals surface area (Å²) in [5.41, 5.74) is 0.367. The molecule has 3 nitrogen and oxygen atoms in total. The molecule has 20 heavy (non-hydrogen) atoms. The van der Waals surface area contributed by atoms with Gasteiger partial charge in [-0.3, -0.25) is 4.79 Å². The molecule has 2 rings (SSSR count). The number of aryl methyl sites for hydroxylation is 1. The maximum atomic E-state index is 12.2. The normalized spacial score (nSPS) is 10.8. The van der Waals surface area contributed by atoms with Crippen molar-refractivity contribution < 1.29 is 5.11 Å². The van der Waals surface area contributed by atoms with Gasteiger partial charge in [-0.25, -0.2) is 0 Å². The SMILES string of the molecule is Cc1cc(O)c(Sc2cc(Cl)c(Cl)cc2Cl)c(=O)n1C. The number of benzene rings is 1. The molecule has 0 fully saturated rings. The van der Waals surface area contributed by atoms with Gasteiger partial charge in [0.1, 0.15) is 10.6 Å². The van der Waals surface area contributed by atoms with E-state index in [1.807, 2.05) is 0 Å². The number of rotatable bonds is 2. The molecule has 1 aromatic heterocycles. The summed E-state index contributed by atoms with van der Waals surface area (Å²) in [4.78, 5) is 12.9. The van der Waals surface area contributed by atoms with E-state index in [-0.39, 0.29) is 16.2 Å². The maximum absolute atomic E-state index is 12.2. The van der Waals surface area contributed by atoms with E-state index < -0.39 is 0 Å². The van der Waals surface area contributed by atoms with Crippen LogP contribution < -0.4 is 5.56 Å². The van der Waals surface area contributed by atoms with E-state index in [1.165, 1.54) is 16.7 Å². The van der Waals surface area contributed by atoms with Gasteiger partial charge in [-0.2, -0.15) is 0 Å². The smallest absolute Gasteiger partial charge is 0.268 e. The molecule has 106 valence electrons. The highest BCUT2D eigenvalue weighted by molar-refractivity contribution is 7.99. The minimum absolute atomic E-state index is 0.0854. The minimum atomic E-state index is -0.297. The number of hydrogen-bond donors (Lipinski definition) is 1. The summed E-state index contributed by atoms with van der Waals surface area (Å²) < 4.78 is 1.45. The Morgan fingerprint density at radius 2 is 1.70 bits per heavy atom. The zero-order valence-electron chi connectivity index (χ0n) is 10.6. The first-order chi connectivity index (χ1) is 9.31. The largest absolute Gasteiger partial charge is 0.506 e. The lowest BCUT2D eigenvalue weighted by Crippen LogP contribution is -2.20. The highest BCUT2D eigenvalue weighted by Crippen LogP contribution is 2.39. The molecule has 0 saturated heterocycles. The van der Waals surface area contributed by atoms with Gasteiger partial charge in [-0.05, 0) is 19.1 Å². The van der Waals surface area contributed by atoms with Crippen molar-refractivity contribution in [3.05, 3.63) is 49.3 Å². The van der Waals surface area contributed by atoms with Crippen molar-refractivity contribution in [3.8, 4) is 5.75 Å². The molecule has 1 N–H and O–H groups in total. The third-order valence-electron chi connectivity index (χ3n) is 2.79. The van der Waals surface area contributed by atoms with Gasteiger partial charge in [0.15, 0.2) is 0 Å². The summed E-state index contributed by atoms with van der Waals surface area (Å²) in [5, 5.41) is 11.0. The van der Waals surface area contributed by atoms with Crippen LogP contribution >= 0.6 is 46.6 Å². The van der Waals surface area contributed by atoms with Crippen LogP contribution in [0.2, 0.25) is 15.1 Å². The van der Waals surface area contributed by atoms with Crippen molar-refractivity contribution in [3.63, 3.8) is 0 Å². The molecule has 0 amide bonds. The van der Waals surface area contributed by atoms with Crippen molar-refractivity contribution in [2.45, 2.75) is 16.7 Å². The molecule has 1 heterocycles. The van der Waals surface area contributed by atoms with Gasteiger partial charge in [0.2, 0.25) is 0 Å². The number of aromatic hydroxyl groups is 1. The average molecular weight is 351 g/mol. The summed E-state index contributed by atoms with van der Waals surface area (Å²) in [6, 6.07) is 4.59. The van der Waals surface area contributed by atoms with Gasteiger partial charge in [0.05, 0.1) is 15.1 Å². The zero-order chi connectivity index (χ0) is 15.0. The van der Waals surface area contributed by atoms with Crippen molar-refractivity contribution in [2.75, 3.05) is 0 Å². The molecule has 0 saturated carbocycles. The van der Waals surface area contributed by atoms with Crippen LogP contribution in [0.25, 0.3) is 0 Å². The first kappa shape index (κ1) is 15.6. The molecule has 1 aromatic carbocycles. The molecule has 0 bridgehead atoms. The maximum Gasteiger partial charge on any atom is 0.268 e. The highest BCUT2D eigenvalue weighted by atomic mass is 35.5. The topological polar surface area (TPSA) is 42.2 Å². The Morgan fingerprint density at radius 3 is 2.35 bits per heavy atom. The number of pyridine rings is 1. The summed E-state index contributed by atoms with van der Waals surface area (Å²) in [5.74, 6) is -0.0854. The summed E-state index contributed by atoms with van der Waals surface area (Å²) in [6.07, 6.45) is 0. The van der Waals surface area contributed by atoms with Gasteiger partial charge in [0, 0.05) is 23.7 Å². The second-order valence-electron chi connectivity index (χ2n) is 4.16. The van der Waals surface area contributed by atoms with E-state index in [2.05, 4.69) is 0 Å². The Labute approximate surface area is 135 Å². The molecule has 0 aliphatic heterocycles. The fourth-order valence-electron chi connectivity index (χ4n) is 1.57. The zero-order valence-corrected chi connectivity index (χ0v) is 13.7. The quantitative estimate of drug-likeness (QED) is 0.810. The molecule has 0 atom stereocenters. The van der Waals surface area contributed by atoms with E-state index in [0.717, 1.165) is 11.8 Å². The third-order valence-corrected chi connectivity index (χ3v) is 5.09. The molecular weight excluding hydrogens is 341 g/mol. The van der Waals surface area contributed by atoms with E-state index in [9.17, 15) is 9.90 Å². The standard InChI is InChI=1S/C13H10Cl3NO2S/c1-6-3-10(18)12(13(19)17(6)2)20-11-5-8(15)7(14)4-9(11)16/h3-5,18H,1-2H3. The van der Waals surface area contributed by atoms with Gasteiger partial charge >= 0.3 is 0 Å².